The third-order valence-corrected chi connectivity index (χ3v) is 4.52. The first kappa shape index (κ1) is 16.9. The first-order valence-corrected chi connectivity index (χ1v) is 7.61. The largest absolute Gasteiger partial charge is 0.383 e. The normalized spacial score (nSPS) is 14.7. The molecule has 19 heavy (non-hydrogen) atoms. The molecule has 0 saturated carbocycles. The van der Waals surface area contributed by atoms with Crippen molar-refractivity contribution in [2.75, 3.05) is 26.8 Å². The molecule has 2 unspecified atom stereocenters. The Morgan fingerprint density at radius 3 is 2.63 bits per heavy atom. The second-order valence-electron chi connectivity index (χ2n) is 4.56. The fourth-order valence-electron chi connectivity index (χ4n) is 2.36. The molecule has 3 nitrogen and oxygen atoms in total. The second kappa shape index (κ2) is 8.22. The van der Waals surface area contributed by atoms with E-state index in [9.17, 15) is 0 Å². The molecule has 1 aromatic carbocycles. The standard InChI is InChI=1S/C14H22BrClN2O/c1-4-18(10(2)9-19-3)14(8-17)11-5-6-12(15)13(16)7-11/h5-7,10,14H,4,8-9,17H2,1-3H3. The zero-order valence-corrected chi connectivity index (χ0v) is 14.0. The monoisotopic (exact) mass is 348 g/mol. The van der Waals surface area contributed by atoms with Crippen molar-refractivity contribution < 1.29 is 4.74 Å². The first-order chi connectivity index (χ1) is 9.04. The van der Waals surface area contributed by atoms with Crippen LogP contribution < -0.4 is 5.73 Å². The van der Waals surface area contributed by atoms with Crippen molar-refractivity contribution >= 4 is 27.5 Å². The number of nitrogens with zero attached hydrogens (tertiary/aromatic N) is 1. The van der Waals surface area contributed by atoms with Gasteiger partial charge in [0.2, 0.25) is 0 Å². The number of methoxy groups -OCH3 is 1. The van der Waals surface area contributed by atoms with Crippen LogP contribution in [0.4, 0.5) is 0 Å². The summed E-state index contributed by atoms with van der Waals surface area (Å²) in [4.78, 5) is 2.34. The Bertz CT molecular complexity index is 403. The van der Waals surface area contributed by atoms with E-state index in [0.717, 1.165) is 16.6 Å². The molecule has 0 aliphatic rings. The number of likely N-dealkylation sites (N-methyl/N-ethyl adjacent to an activating group) is 1. The van der Waals surface area contributed by atoms with E-state index >= 15 is 0 Å². The molecule has 2 N–H and O–H groups in total. The summed E-state index contributed by atoms with van der Waals surface area (Å²) < 4.78 is 6.15. The lowest BCUT2D eigenvalue weighted by Gasteiger charge is -2.35. The SMILES string of the molecule is CCN(C(C)COC)C(CN)c1ccc(Br)c(Cl)c1. The molecule has 0 amide bonds. The lowest BCUT2D eigenvalue weighted by molar-refractivity contribution is 0.0751. The Kier molecular flexibility index (Phi) is 7.32. The summed E-state index contributed by atoms with van der Waals surface area (Å²) in [5.41, 5.74) is 7.11. The minimum atomic E-state index is 0.153. The van der Waals surface area contributed by atoms with Crippen LogP contribution in [0, 0.1) is 0 Å². The topological polar surface area (TPSA) is 38.5 Å². The van der Waals surface area contributed by atoms with Crippen molar-refractivity contribution in [3.8, 4) is 0 Å². The van der Waals surface area contributed by atoms with E-state index in [-0.39, 0.29) is 6.04 Å². The number of nitrogens with two attached hydrogens (primary N) is 1. The van der Waals surface area contributed by atoms with Crippen molar-refractivity contribution in [1.82, 2.24) is 4.90 Å². The number of hydrogen-bond donors (Lipinski definition) is 1. The van der Waals surface area contributed by atoms with Crippen molar-refractivity contribution in [1.29, 1.82) is 0 Å². The molecule has 5 heteroatoms. The quantitative estimate of drug-likeness (QED) is 0.819. The minimum Gasteiger partial charge on any atom is -0.383 e. The molecular weight excluding hydrogens is 328 g/mol. The van der Waals surface area contributed by atoms with E-state index in [2.05, 4.69) is 40.7 Å². The van der Waals surface area contributed by atoms with E-state index in [1.807, 2.05) is 12.1 Å². The number of halogens is 2. The van der Waals surface area contributed by atoms with E-state index < -0.39 is 0 Å². The molecule has 0 aliphatic carbocycles. The third-order valence-electron chi connectivity index (χ3n) is 3.29. The Morgan fingerprint density at radius 2 is 2.16 bits per heavy atom. The molecular formula is C14H22BrClN2O. The summed E-state index contributed by atoms with van der Waals surface area (Å²) in [6.07, 6.45) is 0. The summed E-state index contributed by atoms with van der Waals surface area (Å²) in [7, 11) is 1.72. The van der Waals surface area contributed by atoms with Crippen LogP contribution in [0.3, 0.4) is 0 Å². The van der Waals surface area contributed by atoms with Crippen molar-refractivity contribution in [2.24, 2.45) is 5.73 Å². The van der Waals surface area contributed by atoms with Gasteiger partial charge in [-0.15, -0.1) is 0 Å². The third kappa shape index (κ3) is 4.43. The molecule has 108 valence electrons. The van der Waals surface area contributed by atoms with Crippen LogP contribution in [0.2, 0.25) is 5.02 Å². The highest BCUT2D eigenvalue weighted by Gasteiger charge is 2.23. The maximum absolute atomic E-state index is 6.17. The van der Waals surface area contributed by atoms with Gasteiger partial charge in [-0.3, -0.25) is 4.90 Å². The molecule has 0 fully saturated rings. The molecule has 0 aromatic heterocycles. The minimum absolute atomic E-state index is 0.153. The highest BCUT2D eigenvalue weighted by molar-refractivity contribution is 9.10. The summed E-state index contributed by atoms with van der Waals surface area (Å²) >= 11 is 9.58. The smallest absolute Gasteiger partial charge is 0.0615 e. The maximum atomic E-state index is 6.17. The predicted molar refractivity (Wildman–Crippen MR) is 84.7 cm³/mol. The number of ether oxygens (including phenoxy) is 1. The fraction of sp³-hybridized carbons (Fsp3) is 0.571. The number of benzene rings is 1. The number of rotatable bonds is 7. The van der Waals surface area contributed by atoms with Gasteiger partial charge < -0.3 is 10.5 Å². The van der Waals surface area contributed by atoms with Gasteiger partial charge in [-0.25, -0.2) is 0 Å². The van der Waals surface area contributed by atoms with E-state index in [1.54, 1.807) is 7.11 Å². The molecule has 0 aliphatic heterocycles. The van der Waals surface area contributed by atoms with Gasteiger partial charge in [0.05, 0.1) is 11.6 Å². The van der Waals surface area contributed by atoms with Gasteiger partial charge >= 0.3 is 0 Å². The molecule has 0 radical (unpaired) electrons. The summed E-state index contributed by atoms with van der Waals surface area (Å²) in [6.45, 7) is 6.44. The summed E-state index contributed by atoms with van der Waals surface area (Å²) in [6, 6.07) is 6.47. The van der Waals surface area contributed by atoms with Crippen LogP contribution in [0.1, 0.15) is 25.5 Å². The van der Waals surface area contributed by atoms with Crippen molar-refractivity contribution in [3.63, 3.8) is 0 Å². The van der Waals surface area contributed by atoms with Crippen LogP contribution in [0.5, 0.6) is 0 Å². The van der Waals surface area contributed by atoms with Gasteiger partial charge in [-0.1, -0.05) is 24.6 Å². The zero-order chi connectivity index (χ0) is 14.4. The Hall–Kier alpha value is -0.130. The van der Waals surface area contributed by atoms with Crippen LogP contribution in [-0.4, -0.2) is 37.7 Å². The van der Waals surface area contributed by atoms with Gasteiger partial charge in [-0.2, -0.15) is 0 Å². The van der Waals surface area contributed by atoms with Gasteiger partial charge in [-0.05, 0) is 47.1 Å². The van der Waals surface area contributed by atoms with Crippen molar-refractivity contribution in [3.05, 3.63) is 33.3 Å². The Balaban J connectivity index is 2.99. The van der Waals surface area contributed by atoms with Crippen LogP contribution in [0.25, 0.3) is 0 Å². The molecule has 0 bridgehead atoms. The number of hydrogen-bond acceptors (Lipinski definition) is 3. The molecule has 0 spiro atoms. The zero-order valence-electron chi connectivity index (χ0n) is 11.7. The fourth-order valence-corrected chi connectivity index (χ4v) is 2.79. The molecule has 1 aromatic rings. The molecule has 2 atom stereocenters. The lowest BCUT2D eigenvalue weighted by Crippen LogP contribution is -2.42. The van der Waals surface area contributed by atoms with Gasteiger partial charge in [0.25, 0.3) is 0 Å². The average molecular weight is 350 g/mol. The predicted octanol–water partition coefficient (Wildman–Crippen LogP) is 3.46. The lowest BCUT2D eigenvalue weighted by atomic mass is 10.0. The van der Waals surface area contributed by atoms with Gasteiger partial charge in [0, 0.05) is 30.2 Å². The van der Waals surface area contributed by atoms with E-state index in [4.69, 9.17) is 22.1 Å². The van der Waals surface area contributed by atoms with Crippen LogP contribution in [-0.2, 0) is 4.74 Å². The van der Waals surface area contributed by atoms with Crippen molar-refractivity contribution in [2.45, 2.75) is 25.9 Å². The average Bonchev–Trinajstić information content (AvgIpc) is 2.39. The highest BCUT2D eigenvalue weighted by Crippen LogP contribution is 2.29. The van der Waals surface area contributed by atoms with Gasteiger partial charge in [0.15, 0.2) is 0 Å². The maximum Gasteiger partial charge on any atom is 0.0615 e. The molecule has 0 heterocycles. The van der Waals surface area contributed by atoms with E-state index in [1.165, 1.54) is 0 Å². The Labute approximate surface area is 129 Å². The molecule has 1 rings (SSSR count). The Morgan fingerprint density at radius 1 is 1.47 bits per heavy atom. The molecule has 0 saturated heterocycles. The highest BCUT2D eigenvalue weighted by atomic mass is 79.9. The van der Waals surface area contributed by atoms with Gasteiger partial charge in [0.1, 0.15) is 0 Å². The summed E-state index contributed by atoms with van der Waals surface area (Å²) in [5, 5.41) is 0.714. The second-order valence-corrected chi connectivity index (χ2v) is 5.82. The first-order valence-electron chi connectivity index (χ1n) is 6.44. The van der Waals surface area contributed by atoms with Crippen LogP contribution in [0.15, 0.2) is 22.7 Å². The van der Waals surface area contributed by atoms with E-state index in [0.29, 0.717) is 24.2 Å². The summed E-state index contributed by atoms with van der Waals surface area (Å²) in [5.74, 6) is 0. The van der Waals surface area contributed by atoms with Crippen LogP contribution >= 0.6 is 27.5 Å².